The van der Waals surface area contributed by atoms with Gasteiger partial charge in [0.15, 0.2) is 5.76 Å². The summed E-state index contributed by atoms with van der Waals surface area (Å²) in [6.45, 7) is 3.93. The number of benzene rings is 1. The molecule has 4 unspecified atom stereocenters. The molecule has 2 aliphatic carbocycles. The third kappa shape index (κ3) is 4.37. The molecule has 2 bridgehead atoms. The number of carbonyl (C=O) groups is 1. The summed E-state index contributed by atoms with van der Waals surface area (Å²) in [5.74, 6) is 2.98. The van der Waals surface area contributed by atoms with Crippen LogP contribution in [0.3, 0.4) is 0 Å². The van der Waals surface area contributed by atoms with E-state index in [9.17, 15) is 4.79 Å². The van der Waals surface area contributed by atoms with Crippen LogP contribution in [-0.2, 0) is 11.3 Å². The van der Waals surface area contributed by atoms with E-state index in [1.165, 1.54) is 12.8 Å². The van der Waals surface area contributed by atoms with Crippen LogP contribution in [0.15, 0.2) is 40.9 Å². The number of piperazine rings is 1. The van der Waals surface area contributed by atoms with Crippen molar-refractivity contribution in [3.63, 3.8) is 0 Å². The van der Waals surface area contributed by atoms with Crippen LogP contribution in [0.2, 0.25) is 0 Å². The lowest BCUT2D eigenvalue weighted by Gasteiger charge is -2.38. The van der Waals surface area contributed by atoms with Crippen molar-refractivity contribution in [3.8, 4) is 11.3 Å². The number of aromatic nitrogens is 1. The molecule has 1 aromatic heterocycles. The molecule has 1 aromatic carbocycles. The molecule has 6 nitrogen and oxygen atoms in total. The summed E-state index contributed by atoms with van der Waals surface area (Å²) in [6, 6.07) is 10.1. The Bertz CT molecular complexity index is 837. The van der Waals surface area contributed by atoms with Crippen LogP contribution in [-0.4, -0.2) is 52.9 Å². The van der Waals surface area contributed by atoms with Crippen LogP contribution >= 0.6 is 24.8 Å². The number of oxazole rings is 1. The molecule has 4 atom stereocenters. The van der Waals surface area contributed by atoms with E-state index in [1.807, 2.05) is 35.2 Å². The highest BCUT2D eigenvalue weighted by molar-refractivity contribution is 5.85. The van der Waals surface area contributed by atoms with E-state index >= 15 is 0 Å². The second kappa shape index (κ2) is 9.69. The van der Waals surface area contributed by atoms with Gasteiger partial charge in [-0.25, -0.2) is 4.98 Å². The van der Waals surface area contributed by atoms with Crippen molar-refractivity contribution in [2.45, 2.75) is 31.8 Å². The van der Waals surface area contributed by atoms with E-state index in [-0.39, 0.29) is 36.8 Å². The van der Waals surface area contributed by atoms with Gasteiger partial charge in [-0.05, 0) is 31.1 Å². The molecule has 1 amide bonds. The second-order valence-corrected chi connectivity index (χ2v) is 8.52. The third-order valence-electron chi connectivity index (χ3n) is 6.92. The van der Waals surface area contributed by atoms with Crippen molar-refractivity contribution < 1.29 is 9.21 Å². The summed E-state index contributed by atoms with van der Waals surface area (Å²) in [4.78, 5) is 21.8. The fraction of sp³-hybridized carbons (Fsp3) is 0.545. The van der Waals surface area contributed by atoms with Crippen LogP contribution in [0.25, 0.3) is 11.3 Å². The highest BCUT2D eigenvalue weighted by atomic mass is 35.5. The standard InChI is InChI=1S/C22H28N4O2.2ClH/c23-21-17-7-6-16(12-17)20(21)22(27)26-10-8-25(9-11-26)14-19-24-13-18(28-19)15-4-2-1-3-5-15;;/h1-5,13,16-17,20-21H,6-12,14,23H2;2*1H. The molecule has 3 aliphatic rings. The minimum absolute atomic E-state index is 0. The number of amides is 1. The Kier molecular flexibility index (Phi) is 7.45. The monoisotopic (exact) mass is 452 g/mol. The molecule has 2 N–H and O–H groups in total. The minimum Gasteiger partial charge on any atom is -0.439 e. The molecule has 164 valence electrons. The summed E-state index contributed by atoms with van der Waals surface area (Å²) in [7, 11) is 0. The van der Waals surface area contributed by atoms with Crippen molar-refractivity contribution in [2.24, 2.45) is 23.5 Å². The van der Waals surface area contributed by atoms with Crippen LogP contribution in [0.1, 0.15) is 25.2 Å². The quantitative estimate of drug-likeness (QED) is 0.770. The molecular formula is C22H30Cl2N4O2. The van der Waals surface area contributed by atoms with Crippen molar-refractivity contribution in [1.82, 2.24) is 14.8 Å². The largest absolute Gasteiger partial charge is 0.439 e. The molecule has 3 fully saturated rings. The van der Waals surface area contributed by atoms with Crippen molar-refractivity contribution in [3.05, 3.63) is 42.4 Å². The topological polar surface area (TPSA) is 75.6 Å². The lowest BCUT2D eigenvalue weighted by molar-refractivity contribution is -0.139. The first-order valence-corrected chi connectivity index (χ1v) is 10.5. The fourth-order valence-corrected chi connectivity index (χ4v) is 5.35. The van der Waals surface area contributed by atoms with Gasteiger partial charge >= 0.3 is 0 Å². The summed E-state index contributed by atoms with van der Waals surface area (Å²) in [6.07, 6.45) is 5.35. The molecule has 5 rings (SSSR count). The van der Waals surface area contributed by atoms with Crippen molar-refractivity contribution in [1.29, 1.82) is 0 Å². The number of fused-ring (bicyclic) bond motifs is 2. The third-order valence-corrected chi connectivity index (χ3v) is 6.92. The Labute approximate surface area is 190 Å². The maximum Gasteiger partial charge on any atom is 0.227 e. The van der Waals surface area contributed by atoms with Gasteiger partial charge < -0.3 is 15.1 Å². The zero-order valence-electron chi connectivity index (χ0n) is 17.0. The molecule has 30 heavy (non-hydrogen) atoms. The second-order valence-electron chi connectivity index (χ2n) is 8.52. The van der Waals surface area contributed by atoms with E-state index in [4.69, 9.17) is 10.2 Å². The Morgan fingerprint density at radius 3 is 2.43 bits per heavy atom. The number of halogens is 2. The summed E-state index contributed by atoms with van der Waals surface area (Å²) in [5.41, 5.74) is 7.41. The van der Waals surface area contributed by atoms with Crippen LogP contribution in [0.4, 0.5) is 0 Å². The Hall–Kier alpha value is -1.60. The van der Waals surface area contributed by atoms with Crippen LogP contribution < -0.4 is 5.73 Å². The van der Waals surface area contributed by atoms with Gasteiger partial charge in [0.05, 0.1) is 18.7 Å². The number of rotatable bonds is 4. The van der Waals surface area contributed by atoms with Crippen LogP contribution in [0, 0.1) is 17.8 Å². The Morgan fingerprint density at radius 1 is 1.07 bits per heavy atom. The molecule has 1 aliphatic heterocycles. The fourth-order valence-electron chi connectivity index (χ4n) is 5.35. The number of nitrogens with zero attached hydrogens (tertiary/aromatic N) is 3. The number of nitrogens with two attached hydrogens (primary N) is 1. The highest BCUT2D eigenvalue weighted by Crippen LogP contribution is 2.48. The SMILES string of the molecule is Cl.Cl.NC1C2CCC(C2)C1C(=O)N1CCN(Cc2ncc(-c3ccccc3)o2)CC1. The lowest BCUT2D eigenvalue weighted by atomic mass is 9.84. The van der Waals surface area contributed by atoms with Crippen LogP contribution in [0.5, 0.6) is 0 Å². The minimum atomic E-state index is 0. The summed E-state index contributed by atoms with van der Waals surface area (Å²) < 4.78 is 5.93. The normalized spacial score (nSPS) is 28.1. The van der Waals surface area contributed by atoms with Gasteiger partial charge in [-0.2, -0.15) is 0 Å². The molecule has 8 heteroatoms. The van der Waals surface area contributed by atoms with Crippen molar-refractivity contribution >= 4 is 30.7 Å². The molecule has 0 radical (unpaired) electrons. The van der Waals surface area contributed by atoms with Crippen molar-refractivity contribution in [2.75, 3.05) is 26.2 Å². The predicted octanol–water partition coefficient (Wildman–Crippen LogP) is 3.20. The lowest BCUT2D eigenvalue weighted by Crippen LogP contribution is -2.53. The zero-order valence-corrected chi connectivity index (χ0v) is 18.6. The van der Waals surface area contributed by atoms with Gasteiger partial charge in [-0.3, -0.25) is 9.69 Å². The van der Waals surface area contributed by atoms with E-state index < -0.39 is 0 Å². The van der Waals surface area contributed by atoms with Gasteiger partial charge in [0, 0.05) is 37.8 Å². The number of carbonyl (C=O) groups excluding carboxylic acids is 1. The number of hydrogen-bond donors (Lipinski definition) is 1. The zero-order chi connectivity index (χ0) is 19.1. The molecule has 2 heterocycles. The van der Waals surface area contributed by atoms with Gasteiger partial charge in [0.2, 0.25) is 11.8 Å². The van der Waals surface area contributed by atoms with Gasteiger partial charge in [0.1, 0.15) is 0 Å². The first-order chi connectivity index (χ1) is 13.7. The Morgan fingerprint density at radius 2 is 1.77 bits per heavy atom. The molecule has 2 saturated carbocycles. The molecular weight excluding hydrogens is 423 g/mol. The molecule has 2 aromatic rings. The highest BCUT2D eigenvalue weighted by Gasteiger charge is 2.50. The number of hydrogen-bond acceptors (Lipinski definition) is 5. The average molecular weight is 453 g/mol. The summed E-state index contributed by atoms with van der Waals surface area (Å²) in [5, 5.41) is 0. The molecule has 0 spiro atoms. The van der Waals surface area contributed by atoms with E-state index in [1.54, 1.807) is 6.20 Å². The van der Waals surface area contributed by atoms with Gasteiger partial charge in [-0.15, -0.1) is 24.8 Å². The van der Waals surface area contributed by atoms with Gasteiger partial charge in [-0.1, -0.05) is 30.3 Å². The van der Waals surface area contributed by atoms with E-state index in [2.05, 4.69) is 9.88 Å². The first-order valence-electron chi connectivity index (χ1n) is 10.5. The average Bonchev–Trinajstić information content (AvgIpc) is 3.45. The maximum atomic E-state index is 13.0. The maximum absolute atomic E-state index is 13.0. The summed E-state index contributed by atoms with van der Waals surface area (Å²) >= 11 is 0. The first kappa shape index (κ1) is 23.1. The predicted molar refractivity (Wildman–Crippen MR) is 121 cm³/mol. The Balaban J connectivity index is 0.00000128. The molecule has 1 saturated heterocycles. The van der Waals surface area contributed by atoms with E-state index in [0.717, 1.165) is 49.8 Å². The van der Waals surface area contributed by atoms with E-state index in [0.29, 0.717) is 24.3 Å². The smallest absolute Gasteiger partial charge is 0.227 e. The van der Waals surface area contributed by atoms with Gasteiger partial charge in [0.25, 0.3) is 0 Å².